The zero-order valence-corrected chi connectivity index (χ0v) is 16.5. The van der Waals surface area contributed by atoms with Crippen molar-refractivity contribution in [1.29, 1.82) is 0 Å². The van der Waals surface area contributed by atoms with E-state index in [0.29, 0.717) is 17.0 Å². The van der Waals surface area contributed by atoms with Crippen LogP contribution in [0, 0.1) is 5.92 Å². The molecule has 3 aromatic heterocycles. The highest BCUT2D eigenvalue weighted by molar-refractivity contribution is 6.02. The molecule has 2 N–H and O–H groups in total. The van der Waals surface area contributed by atoms with Gasteiger partial charge in [-0.3, -0.25) is 19.4 Å². The lowest BCUT2D eigenvalue weighted by molar-refractivity contribution is -0.215. The van der Waals surface area contributed by atoms with Gasteiger partial charge in [0.15, 0.2) is 5.69 Å². The second-order valence-corrected chi connectivity index (χ2v) is 8.14. The molecule has 164 valence electrons. The fraction of sp³-hybridized carbons (Fsp3) is 0.526. The van der Waals surface area contributed by atoms with Crippen molar-refractivity contribution < 1.29 is 18.0 Å². The van der Waals surface area contributed by atoms with Crippen LogP contribution in [0.4, 0.5) is 13.2 Å². The van der Waals surface area contributed by atoms with E-state index in [1.807, 2.05) is 4.90 Å². The standard InChI is InChI=1S/C19H21F3N8O/c20-19(21,22)11-8-30(9-11)13-3-1-12(2-4-13)25-17(31)16-15-14(7-24-28-15)26-18(27-16)29-6-5-23-10-29/h5-7,10-13H,1-4,8-9H2,(H,24,28)(H,25,31)/t12-,13-. The molecule has 0 spiro atoms. The van der Waals surface area contributed by atoms with Crippen molar-refractivity contribution in [2.75, 3.05) is 13.1 Å². The molecule has 3 aromatic rings. The summed E-state index contributed by atoms with van der Waals surface area (Å²) < 4.78 is 39.8. The summed E-state index contributed by atoms with van der Waals surface area (Å²) in [5.74, 6) is -1.22. The summed E-state index contributed by atoms with van der Waals surface area (Å²) in [5.41, 5.74) is 1.17. The number of carbonyl (C=O) groups excluding carboxylic acids is 1. The molecule has 0 aromatic carbocycles. The number of hydrogen-bond donors (Lipinski definition) is 2. The highest BCUT2D eigenvalue weighted by atomic mass is 19.4. The third-order valence-electron chi connectivity index (χ3n) is 6.16. The largest absolute Gasteiger partial charge is 0.394 e. The van der Waals surface area contributed by atoms with E-state index in [1.165, 1.54) is 6.20 Å². The van der Waals surface area contributed by atoms with E-state index in [0.717, 1.165) is 25.7 Å². The number of nitrogens with one attached hydrogen (secondary N) is 2. The highest BCUT2D eigenvalue weighted by Gasteiger charge is 2.48. The molecule has 0 atom stereocenters. The molecule has 5 rings (SSSR count). The van der Waals surface area contributed by atoms with Crippen LogP contribution in [0.1, 0.15) is 36.2 Å². The van der Waals surface area contributed by atoms with E-state index >= 15 is 0 Å². The summed E-state index contributed by atoms with van der Waals surface area (Å²) in [6.45, 7) is 0.169. The number of amides is 1. The monoisotopic (exact) mass is 434 g/mol. The maximum absolute atomic E-state index is 13.0. The van der Waals surface area contributed by atoms with Crippen molar-refractivity contribution in [2.24, 2.45) is 5.92 Å². The predicted molar refractivity (Wildman–Crippen MR) is 103 cm³/mol. The average molecular weight is 434 g/mol. The third-order valence-corrected chi connectivity index (χ3v) is 6.16. The molecule has 12 heteroatoms. The Labute approximate surface area is 175 Å². The van der Waals surface area contributed by atoms with E-state index in [1.54, 1.807) is 23.3 Å². The van der Waals surface area contributed by atoms with E-state index in [9.17, 15) is 18.0 Å². The van der Waals surface area contributed by atoms with Gasteiger partial charge in [-0.15, -0.1) is 0 Å². The minimum absolute atomic E-state index is 0.0481. The minimum Gasteiger partial charge on any atom is -0.348 e. The number of fused-ring (bicyclic) bond motifs is 1. The minimum atomic E-state index is -4.10. The second kappa shape index (κ2) is 7.59. The molecule has 1 saturated carbocycles. The third kappa shape index (κ3) is 3.87. The van der Waals surface area contributed by atoms with Gasteiger partial charge in [-0.1, -0.05) is 0 Å². The van der Waals surface area contributed by atoms with Crippen molar-refractivity contribution in [1.82, 2.24) is 39.9 Å². The number of H-pyrrole nitrogens is 1. The van der Waals surface area contributed by atoms with Crippen molar-refractivity contribution in [3.8, 4) is 5.95 Å². The Kier molecular flexibility index (Phi) is 4.88. The smallest absolute Gasteiger partial charge is 0.348 e. The molecular weight excluding hydrogens is 413 g/mol. The summed E-state index contributed by atoms with van der Waals surface area (Å²) in [7, 11) is 0. The lowest BCUT2D eigenvalue weighted by Crippen LogP contribution is -2.58. The van der Waals surface area contributed by atoms with E-state index in [-0.39, 0.29) is 36.8 Å². The number of aromatic nitrogens is 6. The molecule has 0 bridgehead atoms. The maximum atomic E-state index is 13.0. The van der Waals surface area contributed by atoms with Crippen molar-refractivity contribution in [3.63, 3.8) is 0 Å². The van der Waals surface area contributed by atoms with Crippen LogP contribution in [-0.2, 0) is 0 Å². The van der Waals surface area contributed by atoms with Crippen LogP contribution in [-0.4, -0.2) is 71.9 Å². The lowest BCUT2D eigenvalue weighted by Gasteiger charge is -2.47. The summed E-state index contributed by atoms with van der Waals surface area (Å²) in [5, 5.41) is 9.75. The van der Waals surface area contributed by atoms with E-state index < -0.39 is 12.1 Å². The number of nitrogens with zero attached hydrogens (tertiary/aromatic N) is 6. The summed E-state index contributed by atoms with van der Waals surface area (Å²) in [6.07, 6.45) is 5.21. The second-order valence-electron chi connectivity index (χ2n) is 8.14. The van der Waals surface area contributed by atoms with Gasteiger partial charge in [0.2, 0.25) is 5.95 Å². The Bertz CT molecular complexity index is 1070. The van der Waals surface area contributed by atoms with Crippen LogP contribution in [0.3, 0.4) is 0 Å². The maximum Gasteiger partial charge on any atom is 0.394 e. The predicted octanol–water partition coefficient (Wildman–Crippen LogP) is 2.07. The molecule has 2 aliphatic rings. The zero-order valence-electron chi connectivity index (χ0n) is 16.5. The lowest BCUT2D eigenvalue weighted by atomic mass is 9.86. The Balaban J connectivity index is 1.23. The fourth-order valence-electron chi connectivity index (χ4n) is 4.34. The molecule has 1 aliphatic carbocycles. The number of alkyl halides is 3. The normalized spacial score (nSPS) is 23.1. The van der Waals surface area contributed by atoms with Crippen molar-refractivity contribution >= 4 is 16.9 Å². The van der Waals surface area contributed by atoms with Gasteiger partial charge in [0, 0.05) is 37.6 Å². The number of likely N-dealkylation sites (tertiary alicyclic amines) is 1. The molecular formula is C19H21F3N8O. The molecule has 1 saturated heterocycles. The first-order valence-electron chi connectivity index (χ1n) is 10.2. The molecule has 4 heterocycles. The van der Waals surface area contributed by atoms with Gasteiger partial charge >= 0.3 is 6.18 Å². The average Bonchev–Trinajstić information content (AvgIpc) is 3.38. The first-order chi connectivity index (χ1) is 14.9. The summed E-state index contributed by atoms with van der Waals surface area (Å²) in [6, 6.07) is 0.103. The number of imidazole rings is 1. The number of aromatic amines is 1. The summed E-state index contributed by atoms with van der Waals surface area (Å²) >= 11 is 0. The van der Waals surface area contributed by atoms with Gasteiger partial charge < -0.3 is 5.32 Å². The van der Waals surface area contributed by atoms with Crippen LogP contribution in [0.15, 0.2) is 24.9 Å². The number of hydrogen-bond acceptors (Lipinski definition) is 6. The van der Waals surface area contributed by atoms with Gasteiger partial charge in [0.05, 0.1) is 12.1 Å². The van der Waals surface area contributed by atoms with Gasteiger partial charge in [-0.25, -0.2) is 15.0 Å². The SMILES string of the molecule is O=C(N[C@H]1CC[C@H](N2CC(C(F)(F)F)C2)CC1)c1nc(-n2ccnc2)nc2cn[nH]c12. The molecule has 1 amide bonds. The van der Waals surface area contributed by atoms with Crippen LogP contribution < -0.4 is 5.32 Å². The molecule has 0 radical (unpaired) electrons. The highest BCUT2D eigenvalue weighted by Crippen LogP contribution is 2.37. The van der Waals surface area contributed by atoms with E-state index in [4.69, 9.17) is 0 Å². The fourth-order valence-corrected chi connectivity index (χ4v) is 4.34. The van der Waals surface area contributed by atoms with Crippen LogP contribution >= 0.6 is 0 Å². The Morgan fingerprint density at radius 2 is 1.94 bits per heavy atom. The Morgan fingerprint density at radius 3 is 2.61 bits per heavy atom. The van der Waals surface area contributed by atoms with Crippen molar-refractivity contribution in [2.45, 2.75) is 43.9 Å². The van der Waals surface area contributed by atoms with Crippen LogP contribution in [0.2, 0.25) is 0 Å². The van der Waals surface area contributed by atoms with Gasteiger partial charge in [-0.2, -0.15) is 18.3 Å². The first-order valence-corrected chi connectivity index (χ1v) is 10.2. The molecule has 9 nitrogen and oxygen atoms in total. The number of carbonyl (C=O) groups is 1. The number of halogens is 3. The topological polar surface area (TPSA) is 105 Å². The van der Waals surface area contributed by atoms with Gasteiger partial charge in [0.1, 0.15) is 17.4 Å². The quantitative estimate of drug-likeness (QED) is 0.652. The van der Waals surface area contributed by atoms with Crippen molar-refractivity contribution in [3.05, 3.63) is 30.6 Å². The van der Waals surface area contributed by atoms with Gasteiger partial charge in [-0.05, 0) is 25.7 Å². The zero-order chi connectivity index (χ0) is 21.6. The number of rotatable bonds is 4. The molecule has 31 heavy (non-hydrogen) atoms. The van der Waals surface area contributed by atoms with Crippen LogP contribution in [0.5, 0.6) is 0 Å². The van der Waals surface area contributed by atoms with Gasteiger partial charge in [0.25, 0.3) is 5.91 Å². The van der Waals surface area contributed by atoms with E-state index in [2.05, 4.69) is 30.5 Å². The molecule has 0 unspecified atom stereocenters. The van der Waals surface area contributed by atoms with Crippen LogP contribution in [0.25, 0.3) is 17.0 Å². The molecule has 1 aliphatic heterocycles. The first kappa shape index (κ1) is 19.9. The summed E-state index contributed by atoms with van der Waals surface area (Å²) in [4.78, 5) is 27.6. The molecule has 2 fully saturated rings. The Hall–Kier alpha value is -3.02. The Morgan fingerprint density at radius 1 is 1.16 bits per heavy atom.